The maximum absolute atomic E-state index is 13.7. The normalized spacial score (nSPS) is 14.8. The number of pyridine rings is 2. The van der Waals surface area contributed by atoms with Gasteiger partial charge in [0.2, 0.25) is 0 Å². The lowest BCUT2D eigenvalue weighted by Gasteiger charge is -2.21. The van der Waals surface area contributed by atoms with E-state index in [1.165, 1.54) is 35.0 Å². The molecule has 7 nitrogen and oxygen atoms in total. The van der Waals surface area contributed by atoms with E-state index in [1.54, 1.807) is 4.90 Å². The van der Waals surface area contributed by atoms with Crippen LogP contribution in [-0.2, 0) is 0 Å². The van der Waals surface area contributed by atoms with E-state index in [0.717, 1.165) is 31.9 Å². The monoisotopic (exact) mass is 462 g/mol. The largest absolute Gasteiger partial charge is 0.405 e. The average Bonchev–Trinajstić information content (AvgIpc) is 3.00. The van der Waals surface area contributed by atoms with Crippen molar-refractivity contribution in [3.05, 3.63) is 59.6 Å². The molecule has 3 aromatic rings. The number of alkyl halides is 3. The summed E-state index contributed by atoms with van der Waals surface area (Å²) in [6.45, 7) is -0.218. The van der Waals surface area contributed by atoms with Gasteiger partial charge in [-0.25, -0.2) is 9.37 Å². The molecule has 0 radical (unpaired) electrons. The summed E-state index contributed by atoms with van der Waals surface area (Å²) in [6.07, 6.45) is 2.92. The number of aromatic nitrogens is 3. The minimum absolute atomic E-state index is 0.00214. The standard InChI is InChI=1S/C22H22F4N6O/c23-14-5-6-19-29-11-18(32(19)12-14)20(27)15-10-28-17(9-16(15)30-13-22(24,25)26)21(33)31-7-3-1-2-4-8-31/h5-6,9-12,27H,1-4,7-8,13H2,(H,28,30). The second kappa shape index (κ2) is 9.16. The Bertz CT molecular complexity index is 1180. The SMILES string of the molecule is N=C(c1cnc(C(=O)N2CCCCCC2)cc1NCC(F)(F)F)c1cnc2ccc(F)cn12. The van der Waals surface area contributed by atoms with E-state index in [0.29, 0.717) is 18.7 Å². The second-order valence-electron chi connectivity index (χ2n) is 7.88. The number of anilines is 1. The lowest BCUT2D eigenvalue weighted by Crippen LogP contribution is -2.32. The lowest BCUT2D eigenvalue weighted by molar-refractivity contribution is -0.115. The first kappa shape index (κ1) is 22.7. The fraction of sp³-hybridized carbons (Fsp3) is 0.364. The van der Waals surface area contributed by atoms with Crippen LogP contribution in [0.5, 0.6) is 0 Å². The van der Waals surface area contributed by atoms with Crippen LogP contribution in [0.15, 0.2) is 36.8 Å². The summed E-state index contributed by atoms with van der Waals surface area (Å²) in [5.74, 6) is -0.914. The molecule has 0 unspecified atom stereocenters. The topological polar surface area (TPSA) is 86.4 Å². The maximum atomic E-state index is 13.7. The molecule has 1 aliphatic rings. The Balaban J connectivity index is 1.70. The van der Waals surface area contributed by atoms with E-state index in [-0.39, 0.29) is 34.3 Å². The van der Waals surface area contributed by atoms with Gasteiger partial charge < -0.3 is 10.2 Å². The van der Waals surface area contributed by atoms with Gasteiger partial charge in [0.1, 0.15) is 23.7 Å². The quantitative estimate of drug-likeness (QED) is 0.438. The van der Waals surface area contributed by atoms with Crippen LogP contribution in [0.4, 0.5) is 23.2 Å². The third-order valence-corrected chi connectivity index (χ3v) is 5.49. The number of nitrogens with zero attached hydrogens (tertiary/aromatic N) is 4. The number of likely N-dealkylation sites (tertiary alicyclic amines) is 1. The molecule has 0 aliphatic carbocycles. The van der Waals surface area contributed by atoms with Gasteiger partial charge in [0, 0.05) is 36.7 Å². The molecule has 1 saturated heterocycles. The third kappa shape index (κ3) is 5.12. The average molecular weight is 462 g/mol. The number of fused-ring (bicyclic) bond motifs is 1. The van der Waals surface area contributed by atoms with Crippen LogP contribution in [0, 0.1) is 11.2 Å². The van der Waals surface area contributed by atoms with Gasteiger partial charge in [-0.05, 0) is 31.0 Å². The molecule has 11 heteroatoms. The van der Waals surface area contributed by atoms with E-state index < -0.39 is 18.5 Å². The van der Waals surface area contributed by atoms with Crippen LogP contribution in [0.1, 0.15) is 47.4 Å². The fourth-order valence-corrected chi connectivity index (χ4v) is 3.83. The molecule has 1 fully saturated rings. The Labute approximate surface area is 187 Å². The fourth-order valence-electron chi connectivity index (χ4n) is 3.83. The number of hydrogen-bond donors (Lipinski definition) is 2. The van der Waals surface area contributed by atoms with E-state index in [9.17, 15) is 22.4 Å². The van der Waals surface area contributed by atoms with Crippen molar-refractivity contribution in [2.45, 2.75) is 31.9 Å². The molecule has 2 N–H and O–H groups in total. The van der Waals surface area contributed by atoms with E-state index in [1.807, 2.05) is 0 Å². The molecule has 0 atom stereocenters. The van der Waals surface area contributed by atoms with Gasteiger partial charge in [0.15, 0.2) is 0 Å². The zero-order valence-corrected chi connectivity index (χ0v) is 17.6. The number of hydrogen-bond acceptors (Lipinski definition) is 5. The molecule has 174 valence electrons. The molecule has 4 heterocycles. The van der Waals surface area contributed by atoms with Gasteiger partial charge >= 0.3 is 6.18 Å². The van der Waals surface area contributed by atoms with Crippen molar-refractivity contribution in [1.29, 1.82) is 5.41 Å². The molecule has 0 aromatic carbocycles. The summed E-state index contributed by atoms with van der Waals surface area (Å²) in [5, 5.41) is 10.9. The van der Waals surface area contributed by atoms with Gasteiger partial charge in [-0.3, -0.25) is 19.6 Å². The Hall–Kier alpha value is -3.50. The number of amides is 1. The highest BCUT2D eigenvalue weighted by molar-refractivity contribution is 6.13. The summed E-state index contributed by atoms with van der Waals surface area (Å²) in [5.41, 5.74) is 0.325. The van der Waals surface area contributed by atoms with Crippen molar-refractivity contribution in [1.82, 2.24) is 19.3 Å². The lowest BCUT2D eigenvalue weighted by atomic mass is 10.1. The van der Waals surface area contributed by atoms with Crippen molar-refractivity contribution < 1.29 is 22.4 Å². The Morgan fingerprint density at radius 3 is 2.52 bits per heavy atom. The van der Waals surface area contributed by atoms with Crippen molar-refractivity contribution >= 4 is 23.0 Å². The van der Waals surface area contributed by atoms with Crippen LogP contribution >= 0.6 is 0 Å². The molecular formula is C22H22F4N6O. The van der Waals surface area contributed by atoms with Crippen LogP contribution in [-0.4, -0.2) is 56.7 Å². The number of rotatable bonds is 5. The molecule has 33 heavy (non-hydrogen) atoms. The van der Waals surface area contributed by atoms with Gasteiger partial charge in [-0.15, -0.1) is 0 Å². The highest BCUT2D eigenvalue weighted by Crippen LogP contribution is 2.24. The summed E-state index contributed by atoms with van der Waals surface area (Å²) in [6, 6.07) is 3.89. The Kier molecular flexibility index (Phi) is 6.30. The number of carbonyl (C=O) groups is 1. The molecule has 1 aliphatic heterocycles. The maximum Gasteiger partial charge on any atom is 0.405 e. The Morgan fingerprint density at radius 1 is 1.09 bits per heavy atom. The molecule has 3 aromatic heterocycles. The zero-order valence-electron chi connectivity index (χ0n) is 17.6. The van der Waals surface area contributed by atoms with E-state index in [4.69, 9.17) is 5.41 Å². The van der Waals surface area contributed by atoms with Crippen molar-refractivity contribution in [2.24, 2.45) is 0 Å². The molecular weight excluding hydrogens is 440 g/mol. The van der Waals surface area contributed by atoms with Crippen LogP contribution in [0.3, 0.4) is 0 Å². The number of nitrogens with one attached hydrogen (secondary N) is 2. The third-order valence-electron chi connectivity index (χ3n) is 5.49. The number of carbonyl (C=O) groups excluding carboxylic acids is 1. The van der Waals surface area contributed by atoms with E-state index >= 15 is 0 Å². The first-order chi connectivity index (χ1) is 15.7. The molecule has 1 amide bonds. The minimum atomic E-state index is -4.51. The van der Waals surface area contributed by atoms with Crippen molar-refractivity contribution in [3.8, 4) is 0 Å². The van der Waals surface area contributed by atoms with Gasteiger partial charge in [0.25, 0.3) is 5.91 Å². The smallest absolute Gasteiger partial charge is 0.376 e. The summed E-state index contributed by atoms with van der Waals surface area (Å²) in [7, 11) is 0. The van der Waals surface area contributed by atoms with Crippen LogP contribution in [0.25, 0.3) is 5.65 Å². The summed E-state index contributed by atoms with van der Waals surface area (Å²) >= 11 is 0. The predicted molar refractivity (Wildman–Crippen MR) is 114 cm³/mol. The zero-order chi connectivity index (χ0) is 23.6. The summed E-state index contributed by atoms with van der Waals surface area (Å²) in [4.78, 5) is 22.9. The molecule has 0 bridgehead atoms. The highest BCUT2D eigenvalue weighted by Gasteiger charge is 2.28. The van der Waals surface area contributed by atoms with Gasteiger partial charge in [-0.1, -0.05) is 12.8 Å². The van der Waals surface area contributed by atoms with E-state index in [2.05, 4.69) is 15.3 Å². The van der Waals surface area contributed by atoms with Crippen LogP contribution < -0.4 is 5.32 Å². The van der Waals surface area contributed by atoms with Crippen LogP contribution in [0.2, 0.25) is 0 Å². The molecule has 4 rings (SSSR count). The number of halogens is 4. The first-order valence-corrected chi connectivity index (χ1v) is 10.5. The van der Waals surface area contributed by atoms with Crippen molar-refractivity contribution in [3.63, 3.8) is 0 Å². The van der Waals surface area contributed by atoms with Gasteiger partial charge in [0.05, 0.1) is 17.6 Å². The molecule has 0 spiro atoms. The summed E-state index contributed by atoms with van der Waals surface area (Å²) < 4.78 is 53.9. The minimum Gasteiger partial charge on any atom is -0.376 e. The number of imidazole rings is 1. The van der Waals surface area contributed by atoms with Crippen molar-refractivity contribution in [2.75, 3.05) is 25.0 Å². The highest BCUT2D eigenvalue weighted by atomic mass is 19.4. The second-order valence-corrected chi connectivity index (χ2v) is 7.88. The van der Waals surface area contributed by atoms with Gasteiger partial charge in [-0.2, -0.15) is 13.2 Å². The first-order valence-electron chi connectivity index (χ1n) is 10.5. The molecule has 0 saturated carbocycles. The predicted octanol–water partition coefficient (Wildman–Crippen LogP) is 4.27. The Morgan fingerprint density at radius 2 is 1.82 bits per heavy atom.